The first-order valence-corrected chi connectivity index (χ1v) is 7.99. The van der Waals surface area contributed by atoms with E-state index in [-0.39, 0.29) is 0 Å². The van der Waals surface area contributed by atoms with Gasteiger partial charge in [0.1, 0.15) is 0 Å². The van der Waals surface area contributed by atoms with Gasteiger partial charge in [-0.1, -0.05) is 52.9 Å². The van der Waals surface area contributed by atoms with Crippen molar-refractivity contribution in [3.05, 3.63) is 0 Å². The van der Waals surface area contributed by atoms with Crippen molar-refractivity contribution >= 4 is 0 Å². The summed E-state index contributed by atoms with van der Waals surface area (Å²) in [6.07, 6.45) is 12.8. The quantitative estimate of drug-likeness (QED) is 0.644. The van der Waals surface area contributed by atoms with Crippen LogP contribution in [0.5, 0.6) is 0 Å². The smallest absolute Gasteiger partial charge is 0.00670 e. The maximum atomic E-state index is 3.72. The third kappa shape index (κ3) is 6.45. The molecule has 0 spiro atoms. The topological polar surface area (TPSA) is 12.0 Å². The van der Waals surface area contributed by atoms with E-state index in [1.54, 1.807) is 0 Å². The SMILES string of the molecule is CCCNC(CCC)CCC1CCC(C)CC1. The van der Waals surface area contributed by atoms with Crippen molar-refractivity contribution in [3.8, 4) is 0 Å². The van der Waals surface area contributed by atoms with Crippen LogP contribution in [0.1, 0.15) is 78.6 Å². The van der Waals surface area contributed by atoms with E-state index in [2.05, 4.69) is 26.1 Å². The molecular weight excluding hydrogens is 206 g/mol. The highest BCUT2D eigenvalue weighted by Gasteiger charge is 2.19. The van der Waals surface area contributed by atoms with Crippen LogP contribution in [0.4, 0.5) is 0 Å². The minimum absolute atomic E-state index is 0.791. The van der Waals surface area contributed by atoms with Crippen molar-refractivity contribution in [1.82, 2.24) is 5.32 Å². The molecule has 1 saturated carbocycles. The van der Waals surface area contributed by atoms with Gasteiger partial charge in [-0.05, 0) is 44.1 Å². The maximum Gasteiger partial charge on any atom is 0.00670 e. The Labute approximate surface area is 109 Å². The molecule has 0 aliphatic heterocycles. The third-order valence-corrected chi connectivity index (χ3v) is 4.38. The fourth-order valence-electron chi connectivity index (χ4n) is 3.10. The van der Waals surface area contributed by atoms with E-state index in [1.807, 2.05) is 0 Å². The lowest BCUT2D eigenvalue weighted by Crippen LogP contribution is -2.30. The highest BCUT2D eigenvalue weighted by atomic mass is 14.9. The lowest BCUT2D eigenvalue weighted by molar-refractivity contribution is 0.262. The van der Waals surface area contributed by atoms with E-state index >= 15 is 0 Å². The fraction of sp³-hybridized carbons (Fsp3) is 1.00. The normalized spacial score (nSPS) is 27.0. The molecule has 1 atom stereocenters. The molecular formula is C16H33N. The molecule has 0 aromatic heterocycles. The summed E-state index contributed by atoms with van der Waals surface area (Å²) in [4.78, 5) is 0. The highest BCUT2D eigenvalue weighted by Crippen LogP contribution is 2.31. The van der Waals surface area contributed by atoms with Crippen LogP contribution in [0.25, 0.3) is 0 Å². The van der Waals surface area contributed by atoms with Gasteiger partial charge in [-0.25, -0.2) is 0 Å². The molecule has 1 N–H and O–H groups in total. The Bertz CT molecular complexity index is 170. The molecule has 1 unspecified atom stereocenters. The maximum absolute atomic E-state index is 3.72. The Morgan fingerprint density at radius 2 is 1.71 bits per heavy atom. The Morgan fingerprint density at radius 1 is 1.00 bits per heavy atom. The van der Waals surface area contributed by atoms with Crippen LogP contribution >= 0.6 is 0 Å². The van der Waals surface area contributed by atoms with Gasteiger partial charge in [-0.15, -0.1) is 0 Å². The summed E-state index contributed by atoms with van der Waals surface area (Å²) in [5.74, 6) is 2.03. The van der Waals surface area contributed by atoms with Crippen LogP contribution in [0.3, 0.4) is 0 Å². The minimum Gasteiger partial charge on any atom is -0.314 e. The van der Waals surface area contributed by atoms with Gasteiger partial charge in [0.25, 0.3) is 0 Å². The van der Waals surface area contributed by atoms with Crippen LogP contribution in [0.2, 0.25) is 0 Å². The van der Waals surface area contributed by atoms with E-state index in [4.69, 9.17) is 0 Å². The summed E-state index contributed by atoms with van der Waals surface area (Å²) in [5, 5.41) is 3.72. The summed E-state index contributed by atoms with van der Waals surface area (Å²) in [6, 6.07) is 0.791. The van der Waals surface area contributed by atoms with Crippen LogP contribution in [0.15, 0.2) is 0 Å². The summed E-state index contributed by atoms with van der Waals surface area (Å²) < 4.78 is 0. The molecule has 1 nitrogen and oxygen atoms in total. The number of nitrogens with one attached hydrogen (secondary N) is 1. The number of hydrogen-bond donors (Lipinski definition) is 1. The molecule has 0 saturated heterocycles. The molecule has 1 heteroatoms. The molecule has 1 aliphatic rings. The fourth-order valence-corrected chi connectivity index (χ4v) is 3.10. The van der Waals surface area contributed by atoms with Crippen LogP contribution in [-0.4, -0.2) is 12.6 Å². The van der Waals surface area contributed by atoms with Gasteiger partial charge in [0.15, 0.2) is 0 Å². The Morgan fingerprint density at radius 3 is 2.29 bits per heavy atom. The lowest BCUT2D eigenvalue weighted by Gasteiger charge is -2.28. The average Bonchev–Trinajstić information content (AvgIpc) is 2.35. The molecule has 0 aromatic rings. The predicted molar refractivity (Wildman–Crippen MR) is 77.3 cm³/mol. The first-order chi connectivity index (χ1) is 8.26. The van der Waals surface area contributed by atoms with E-state index < -0.39 is 0 Å². The van der Waals surface area contributed by atoms with E-state index in [0.717, 1.165) is 17.9 Å². The summed E-state index contributed by atoms with van der Waals surface area (Å²) >= 11 is 0. The largest absolute Gasteiger partial charge is 0.314 e. The summed E-state index contributed by atoms with van der Waals surface area (Å²) in [5.41, 5.74) is 0. The zero-order chi connectivity index (χ0) is 12.5. The summed E-state index contributed by atoms with van der Waals surface area (Å²) in [6.45, 7) is 8.19. The standard InChI is InChI=1S/C16H33N/c1-4-6-16(17-13-5-2)12-11-15-9-7-14(3)8-10-15/h14-17H,4-13H2,1-3H3. The Kier molecular flexibility index (Phi) is 7.92. The van der Waals surface area contributed by atoms with Crippen molar-refractivity contribution in [3.63, 3.8) is 0 Å². The predicted octanol–water partition coefficient (Wildman–Crippen LogP) is 4.76. The second-order valence-electron chi connectivity index (χ2n) is 6.14. The third-order valence-electron chi connectivity index (χ3n) is 4.38. The van der Waals surface area contributed by atoms with Crippen molar-refractivity contribution < 1.29 is 0 Å². The Balaban J connectivity index is 2.16. The van der Waals surface area contributed by atoms with Crippen molar-refractivity contribution in [2.75, 3.05) is 6.54 Å². The molecule has 0 bridgehead atoms. The zero-order valence-electron chi connectivity index (χ0n) is 12.3. The molecule has 17 heavy (non-hydrogen) atoms. The zero-order valence-corrected chi connectivity index (χ0v) is 12.3. The van der Waals surface area contributed by atoms with Gasteiger partial charge in [0.2, 0.25) is 0 Å². The van der Waals surface area contributed by atoms with Crippen LogP contribution in [-0.2, 0) is 0 Å². The van der Waals surface area contributed by atoms with Gasteiger partial charge in [-0.2, -0.15) is 0 Å². The second-order valence-corrected chi connectivity index (χ2v) is 6.14. The van der Waals surface area contributed by atoms with E-state index in [0.29, 0.717) is 0 Å². The van der Waals surface area contributed by atoms with Crippen LogP contribution in [0, 0.1) is 11.8 Å². The summed E-state index contributed by atoms with van der Waals surface area (Å²) in [7, 11) is 0. The lowest BCUT2D eigenvalue weighted by atomic mass is 9.80. The van der Waals surface area contributed by atoms with Crippen molar-refractivity contribution in [1.29, 1.82) is 0 Å². The van der Waals surface area contributed by atoms with Gasteiger partial charge in [-0.3, -0.25) is 0 Å². The van der Waals surface area contributed by atoms with Gasteiger partial charge in [0, 0.05) is 6.04 Å². The van der Waals surface area contributed by atoms with Gasteiger partial charge < -0.3 is 5.32 Å². The van der Waals surface area contributed by atoms with Gasteiger partial charge >= 0.3 is 0 Å². The number of hydrogen-bond acceptors (Lipinski definition) is 1. The van der Waals surface area contributed by atoms with Crippen molar-refractivity contribution in [2.24, 2.45) is 11.8 Å². The molecule has 1 fully saturated rings. The first-order valence-electron chi connectivity index (χ1n) is 7.99. The minimum atomic E-state index is 0.791. The molecule has 102 valence electrons. The average molecular weight is 239 g/mol. The molecule has 0 heterocycles. The molecule has 0 aromatic carbocycles. The van der Waals surface area contributed by atoms with Crippen molar-refractivity contribution in [2.45, 2.75) is 84.6 Å². The molecule has 1 aliphatic carbocycles. The van der Waals surface area contributed by atoms with Gasteiger partial charge in [0.05, 0.1) is 0 Å². The second kappa shape index (κ2) is 8.97. The number of rotatable bonds is 8. The molecule has 0 radical (unpaired) electrons. The van der Waals surface area contributed by atoms with Crippen LogP contribution < -0.4 is 5.32 Å². The monoisotopic (exact) mass is 239 g/mol. The first kappa shape index (κ1) is 15.0. The van der Waals surface area contributed by atoms with E-state index in [1.165, 1.54) is 64.3 Å². The molecule has 1 rings (SSSR count). The Hall–Kier alpha value is -0.0400. The molecule has 0 amide bonds. The highest BCUT2D eigenvalue weighted by molar-refractivity contribution is 4.73. The van der Waals surface area contributed by atoms with E-state index in [9.17, 15) is 0 Å².